The smallest absolute Gasteiger partial charge is 0.0882 e. The first kappa shape index (κ1) is 11.7. The van der Waals surface area contributed by atoms with E-state index >= 15 is 0 Å². The molecule has 0 aromatic heterocycles. The van der Waals surface area contributed by atoms with Crippen LogP contribution in [0.25, 0.3) is 0 Å². The monoisotopic (exact) mass is 234 g/mol. The maximum atomic E-state index is 3.67. The van der Waals surface area contributed by atoms with Crippen LogP contribution < -0.4 is 10.6 Å². The lowest BCUT2D eigenvalue weighted by Gasteiger charge is -2.49. The van der Waals surface area contributed by atoms with Gasteiger partial charge >= 0.3 is 0 Å². The van der Waals surface area contributed by atoms with Crippen molar-refractivity contribution in [3.63, 3.8) is 0 Å². The summed E-state index contributed by atoms with van der Waals surface area (Å²) in [4.78, 5) is 0. The minimum absolute atomic E-state index is 0.157. The SMILES string of the molecule is CC[C@H]1CCCC2=CC3(CC[C@@]21C)NCCN3. The van der Waals surface area contributed by atoms with Gasteiger partial charge in [0.15, 0.2) is 0 Å². The van der Waals surface area contributed by atoms with Gasteiger partial charge in [-0.05, 0) is 43.4 Å². The van der Waals surface area contributed by atoms with Crippen molar-refractivity contribution in [1.29, 1.82) is 0 Å². The maximum Gasteiger partial charge on any atom is 0.0882 e. The Labute approximate surface area is 105 Å². The standard InChI is InChI=1S/C15H26N2/c1-3-12-5-4-6-13-11-15(16-9-10-17-15)8-7-14(12,13)2/h11-12,16-17H,3-10H2,1-2H3/t12-,14+/m0/s1. The normalized spacial score (nSPS) is 40.1. The summed E-state index contributed by atoms with van der Waals surface area (Å²) in [6.07, 6.45) is 10.7. The fourth-order valence-electron chi connectivity index (χ4n) is 4.40. The summed E-state index contributed by atoms with van der Waals surface area (Å²) >= 11 is 0. The van der Waals surface area contributed by atoms with Crippen LogP contribution in [0.2, 0.25) is 0 Å². The van der Waals surface area contributed by atoms with Gasteiger partial charge in [0.2, 0.25) is 0 Å². The molecule has 2 fully saturated rings. The molecule has 1 aliphatic heterocycles. The van der Waals surface area contributed by atoms with Crippen LogP contribution in [-0.2, 0) is 0 Å². The lowest BCUT2D eigenvalue weighted by molar-refractivity contribution is 0.128. The molecular formula is C15H26N2. The molecule has 2 aliphatic carbocycles. The molecular weight excluding hydrogens is 208 g/mol. The molecule has 3 rings (SSSR count). The fourth-order valence-corrected chi connectivity index (χ4v) is 4.40. The minimum Gasteiger partial charge on any atom is -0.295 e. The molecule has 17 heavy (non-hydrogen) atoms. The van der Waals surface area contributed by atoms with E-state index in [9.17, 15) is 0 Å². The molecule has 2 heteroatoms. The zero-order valence-electron chi connectivity index (χ0n) is 11.3. The molecule has 1 saturated carbocycles. The fraction of sp³-hybridized carbons (Fsp3) is 0.867. The molecule has 0 amide bonds. The highest BCUT2D eigenvalue weighted by Crippen LogP contribution is 2.53. The van der Waals surface area contributed by atoms with Crippen molar-refractivity contribution in [3.05, 3.63) is 11.6 Å². The second kappa shape index (κ2) is 4.10. The number of allylic oxidation sites excluding steroid dienone is 1. The summed E-state index contributed by atoms with van der Waals surface area (Å²) in [5.41, 5.74) is 2.40. The third kappa shape index (κ3) is 1.77. The number of nitrogens with one attached hydrogen (secondary N) is 2. The average molecular weight is 234 g/mol. The van der Waals surface area contributed by atoms with Crippen LogP contribution in [0.5, 0.6) is 0 Å². The highest BCUT2D eigenvalue weighted by Gasteiger charge is 2.46. The van der Waals surface area contributed by atoms with Crippen LogP contribution in [0.4, 0.5) is 0 Å². The Morgan fingerprint density at radius 1 is 1.29 bits per heavy atom. The van der Waals surface area contributed by atoms with E-state index in [4.69, 9.17) is 0 Å². The largest absolute Gasteiger partial charge is 0.295 e. The maximum absolute atomic E-state index is 3.67. The lowest BCUT2D eigenvalue weighted by Crippen LogP contribution is -2.52. The van der Waals surface area contributed by atoms with Gasteiger partial charge in [-0.1, -0.05) is 31.9 Å². The number of hydrogen-bond acceptors (Lipinski definition) is 2. The summed E-state index contributed by atoms with van der Waals surface area (Å²) in [5.74, 6) is 0.918. The molecule has 0 radical (unpaired) electrons. The van der Waals surface area contributed by atoms with Crippen molar-refractivity contribution in [3.8, 4) is 0 Å². The van der Waals surface area contributed by atoms with Crippen molar-refractivity contribution in [2.24, 2.45) is 11.3 Å². The van der Waals surface area contributed by atoms with Crippen LogP contribution in [0.1, 0.15) is 52.4 Å². The van der Waals surface area contributed by atoms with Gasteiger partial charge in [0, 0.05) is 13.1 Å². The highest BCUT2D eigenvalue weighted by atomic mass is 15.2. The third-order valence-electron chi connectivity index (χ3n) is 5.59. The first-order valence-corrected chi connectivity index (χ1v) is 7.41. The summed E-state index contributed by atoms with van der Waals surface area (Å²) in [6.45, 7) is 7.14. The van der Waals surface area contributed by atoms with E-state index in [1.807, 2.05) is 0 Å². The van der Waals surface area contributed by atoms with Gasteiger partial charge in [-0.15, -0.1) is 0 Å². The van der Waals surface area contributed by atoms with Crippen molar-refractivity contribution in [2.75, 3.05) is 13.1 Å². The van der Waals surface area contributed by atoms with E-state index in [-0.39, 0.29) is 5.66 Å². The van der Waals surface area contributed by atoms with E-state index in [2.05, 4.69) is 30.6 Å². The average Bonchev–Trinajstić information content (AvgIpc) is 2.78. The van der Waals surface area contributed by atoms with E-state index in [0.717, 1.165) is 19.0 Å². The van der Waals surface area contributed by atoms with Crippen LogP contribution in [0, 0.1) is 11.3 Å². The molecule has 2 nitrogen and oxygen atoms in total. The molecule has 2 N–H and O–H groups in total. The Morgan fingerprint density at radius 2 is 2.06 bits per heavy atom. The molecule has 1 saturated heterocycles. The zero-order valence-corrected chi connectivity index (χ0v) is 11.3. The molecule has 0 unspecified atom stereocenters. The Bertz CT molecular complexity index is 328. The van der Waals surface area contributed by atoms with Crippen LogP contribution >= 0.6 is 0 Å². The van der Waals surface area contributed by atoms with Crippen LogP contribution in [0.3, 0.4) is 0 Å². The van der Waals surface area contributed by atoms with Crippen LogP contribution in [-0.4, -0.2) is 18.8 Å². The summed E-state index contributed by atoms with van der Waals surface area (Å²) in [5, 5.41) is 7.34. The number of hydrogen-bond donors (Lipinski definition) is 2. The molecule has 0 bridgehead atoms. The molecule has 3 aliphatic rings. The van der Waals surface area contributed by atoms with Gasteiger partial charge in [-0.2, -0.15) is 0 Å². The van der Waals surface area contributed by atoms with E-state index < -0.39 is 0 Å². The molecule has 0 aromatic rings. The van der Waals surface area contributed by atoms with E-state index in [1.165, 1.54) is 38.5 Å². The first-order valence-electron chi connectivity index (χ1n) is 7.41. The lowest BCUT2D eigenvalue weighted by atomic mass is 9.58. The number of rotatable bonds is 1. The predicted octanol–water partition coefficient (Wildman–Crippen LogP) is 2.81. The van der Waals surface area contributed by atoms with Gasteiger partial charge in [0.05, 0.1) is 5.66 Å². The van der Waals surface area contributed by atoms with Gasteiger partial charge in [-0.25, -0.2) is 0 Å². The van der Waals surface area contributed by atoms with Crippen LogP contribution in [0.15, 0.2) is 11.6 Å². The van der Waals surface area contributed by atoms with Gasteiger partial charge in [0.1, 0.15) is 0 Å². The highest BCUT2D eigenvalue weighted by molar-refractivity contribution is 5.28. The Hall–Kier alpha value is -0.340. The van der Waals surface area contributed by atoms with Gasteiger partial charge < -0.3 is 0 Å². The minimum atomic E-state index is 0.157. The van der Waals surface area contributed by atoms with Gasteiger partial charge in [-0.3, -0.25) is 10.6 Å². The molecule has 1 spiro atoms. The van der Waals surface area contributed by atoms with Crippen molar-refractivity contribution >= 4 is 0 Å². The number of fused-ring (bicyclic) bond motifs is 1. The third-order valence-corrected chi connectivity index (χ3v) is 5.59. The summed E-state index contributed by atoms with van der Waals surface area (Å²) in [6, 6.07) is 0. The topological polar surface area (TPSA) is 24.1 Å². The molecule has 0 aromatic carbocycles. The Morgan fingerprint density at radius 3 is 2.76 bits per heavy atom. The van der Waals surface area contributed by atoms with Crippen molar-refractivity contribution in [2.45, 2.75) is 58.0 Å². The van der Waals surface area contributed by atoms with E-state index in [0.29, 0.717) is 5.41 Å². The molecule has 2 atom stereocenters. The van der Waals surface area contributed by atoms with E-state index in [1.54, 1.807) is 5.57 Å². The molecule has 1 heterocycles. The summed E-state index contributed by atoms with van der Waals surface area (Å²) in [7, 11) is 0. The summed E-state index contributed by atoms with van der Waals surface area (Å²) < 4.78 is 0. The second-order valence-electron chi connectivity index (χ2n) is 6.41. The van der Waals surface area contributed by atoms with Crippen molar-refractivity contribution in [1.82, 2.24) is 10.6 Å². The first-order chi connectivity index (χ1) is 8.19. The predicted molar refractivity (Wildman–Crippen MR) is 71.8 cm³/mol. The second-order valence-corrected chi connectivity index (χ2v) is 6.41. The zero-order chi connectivity index (χ0) is 11.9. The van der Waals surface area contributed by atoms with Gasteiger partial charge in [0.25, 0.3) is 0 Å². The Kier molecular flexibility index (Phi) is 2.83. The Balaban J connectivity index is 1.92. The molecule has 96 valence electrons. The van der Waals surface area contributed by atoms with Crippen molar-refractivity contribution < 1.29 is 0 Å². The quantitative estimate of drug-likeness (QED) is 0.682.